The van der Waals surface area contributed by atoms with Gasteiger partial charge in [-0.25, -0.2) is 9.59 Å². The summed E-state index contributed by atoms with van der Waals surface area (Å²) in [6.45, 7) is 4.24. The molecule has 0 bridgehead atoms. The highest BCUT2D eigenvalue weighted by Crippen LogP contribution is 2.20. The molecule has 5 nitrogen and oxygen atoms in total. The highest BCUT2D eigenvalue weighted by Gasteiger charge is 2.19. The van der Waals surface area contributed by atoms with Crippen LogP contribution in [-0.4, -0.2) is 32.8 Å². The topological polar surface area (TPSA) is 55.8 Å². The summed E-state index contributed by atoms with van der Waals surface area (Å²) in [4.78, 5) is 24.8. The second kappa shape index (κ2) is 6.78. The fourth-order valence-corrected chi connectivity index (χ4v) is 1.48. The van der Waals surface area contributed by atoms with E-state index in [1.807, 2.05) is 13.8 Å². The van der Waals surface area contributed by atoms with Crippen molar-refractivity contribution in [3.63, 3.8) is 0 Å². The first kappa shape index (κ1) is 15.0. The Labute approximate surface area is 113 Å². The Morgan fingerprint density at radius 2 is 1.89 bits per heavy atom. The van der Waals surface area contributed by atoms with Gasteiger partial charge in [-0.15, -0.1) is 0 Å². The van der Waals surface area contributed by atoms with Crippen molar-refractivity contribution in [2.45, 2.75) is 13.8 Å². The average Bonchev–Trinajstić information content (AvgIpc) is 2.42. The molecule has 1 aromatic rings. The second-order valence-electron chi connectivity index (χ2n) is 4.54. The van der Waals surface area contributed by atoms with Gasteiger partial charge in [0.15, 0.2) is 0 Å². The number of para-hydroxylation sites is 1. The summed E-state index contributed by atoms with van der Waals surface area (Å²) in [5, 5.41) is 0. The number of ether oxygens (including phenoxy) is 2. The minimum Gasteiger partial charge on any atom is -0.465 e. The molecule has 1 rings (SSSR count). The lowest BCUT2D eigenvalue weighted by Crippen LogP contribution is -2.29. The van der Waals surface area contributed by atoms with Crippen LogP contribution in [0.15, 0.2) is 24.3 Å². The lowest BCUT2D eigenvalue weighted by atomic mass is 10.1. The number of rotatable bonds is 4. The number of amides is 1. The zero-order valence-electron chi connectivity index (χ0n) is 11.7. The van der Waals surface area contributed by atoms with Gasteiger partial charge in [0.05, 0.1) is 25.0 Å². The Kier molecular flexibility index (Phi) is 5.36. The van der Waals surface area contributed by atoms with Gasteiger partial charge in [0.25, 0.3) is 0 Å². The normalized spacial score (nSPS) is 10.2. The predicted molar refractivity (Wildman–Crippen MR) is 72.4 cm³/mol. The van der Waals surface area contributed by atoms with Crippen LogP contribution in [0.1, 0.15) is 24.2 Å². The molecule has 0 atom stereocenters. The van der Waals surface area contributed by atoms with Crippen LogP contribution in [0.3, 0.4) is 0 Å². The van der Waals surface area contributed by atoms with Crippen molar-refractivity contribution in [1.82, 2.24) is 0 Å². The molecule has 5 heteroatoms. The molecule has 0 aliphatic heterocycles. The van der Waals surface area contributed by atoms with E-state index in [-0.39, 0.29) is 5.92 Å². The molecule has 0 saturated carbocycles. The Balaban J connectivity index is 2.90. The summed E-state index contributed by atoms with van der Waals surface area (Å²) in [5.41, 5.74) is 0.789. The van der Waals surface area contributed by atoms with Gasteiger partial charge in [-0.2, -0.15) is 0 Å². The first-order valence-electron chi connectivity index (χ1n) is 6.05. The van der Waals surface area contributed by atoms with Crippen LogP contribution < -0.4 is 4.90 Å². The van der Waals surface area contributed by atoms with E-state index in [9.17, 15) is 9.59 Å². The van der Waals surface area contributed by atoms with Gasteiger partial charge in [-0.1, -0.05) is 26.0 Å². The summed E-state index contributed by atoms with van der Waals surface area (Å²) < 4.78 is 9.81. The molecule has 1 aromatic carbocycles. The molecule has 0 aliphatic carbocycles. The number of benzene rings is 1. The van der Waals surface area contributed by atoms with Gasteiger partial charge in [-0.05, 0) is 18.1 Å². The average molecular weight is 265 g/mol. The molecule has 0 spiro atoms. The van der Waals surface area contributed by atoms with Crippen molar-refractivity contribution < 1.29 is 19.1 Å². The largest absolute Gasteiger partial charge is 0.465 e. The van der Waals surface area contributed by atoms with Crippen LogP contribution >= 0.6 is 0 Å². The molecule has 0 saturated heterocycles. The lowest BCUT2D eigenvalue weighted by Gasteiger charge is -2.20. The van der Waals surface area contributed by atoms with E-state index >= 15 is 0 Å². The maximum atomic E-state index is 11.9. The summed E-state index contributed by atoms with van der Waals surface area (Å²) in [6, 6.07) is 6.73. The number of anilines is 1. The fourth-order valence-electron chi connectivity index (χ4n) is 1.48. The maximum absolute atomic E-state index is 11.9. The number of hydrogen-bond donors (Lipinski definition) is 0. The number of esters is 1. The van der Waals surface area contributed by atoms with Crippen LogP contribution in [0.25, 0.3) is 0 Å². The van der Waals surface area contributed by atoms with E-state index in [0.717, 1.165) is 0 Å². The van der Waals surface area contributed by atoms with Gasteiger partial charge >= 0.3 is 12.1 Å². The van der Waals surface area contributed by atoms with Crippen molar-refractivity contribution in [1.29, 1.82) is 0 Å². The second-order valence-corrected chi connectivity index (χ2v) is 4.54. The Hall–Kier alpha value is -2.04. The van der Waals surface area contributed by atoms with Crippen LogP contribution in [0.5, 0.6) is 0 Å². The lowest BCUT2D eigenvalue weighted by molar-refractivity contribution is 0.0601. The molecule has 19 heavy (non-hydrogen) atoms. The van der Waals surface area contributed by atoms with Gasteiger partial charge < -0.3 is 9.47 Å². The molecule has 0 radical (unpaired) electrons. The number of hydrogen-bond acceptors (Lipinski definition) is 4. The number of nitrogens with zero attached hydrogens (tertiary/aromatic N) is 1. The minimum absolute atomic E-state index is 0.258. The third-order valence-corrected chi connectivity index (χ3v) is 2.48. The molecule has 0 unspecified atom stereocenters. The van der Waals surface area contributed by atoms with Crippen molar-refractivity contribution >= 4 is 17.7 Å². The SMILES string of the molecule is COC(=O)c1ccccc1N(C)C(=O)OCC(C)C. The number of carbonyl (C=O) groups excluding carboxylic acids is 2. The van der Waals surface area contributed by atoms with E-state index in [4.69, 9.17) is 4.74 Å². The minimum atomic E-state index is -0.495. The number of carbonyl (C=O) groups is 2. The molecule has 0 heterocycles. The molecule has 0 N–H and O–H groups in total. The molecule has 1 amide bonds. The molecular weight excluding hydrogens is 246 g/mol. The number of methoxy groups -OCH3 is 1. The smallest absolute Gasteiger partial charge is 0.414 e. The van der Waals surface area contributed by atoms with Crippen molar-refractivity contribution in [3.8, 4) is 0 Å². The van der Waals surface area contributed by atoms with Crippen LogP contribution in [0, 0.1) is 5.92 Å². The summed E-state index contributed by atoms with van der Waals surface area (Å²) in [5.74, 6) is -0.229. The Bertz CT molecular complexity index is 457. The molecule has 0 fully saturated rings. The third kappa shape index (κ3) is 3.98. The first-order valence-corrected chi connectivity index (χ1v) is 6.05. The van der Waals surface area contributed by atoms with E-state index < -0.39 is 12.1 Å². The van der Waals surface area contributed by atoms with Gasteiger partial charge in [0, 0.05) is 7.05 Å². The highest BCUT2D eigenvalue weighted by molar-refractivity contribution is 6.00. The molecule has 104 valence electrons. The van der Waals surface area contributed by atoms with E-state index in [2.05, 4.69) is 4.74 Å². The third-order valence-electron chi connectivity index (χ3n) is 2.48. The maximum Gasteiger partial charge on any atom is 0.414 e. The van der Waals surface area contributed by atoms with E-state index in [0.29, 0.717) is 17.9 Å². The standard InChI is InChI=1S/C14H19NO4/c1-10(2)9-19-14(17)15(3)12-8-6-5-7-11(12)13(16)18-4/h5-8,10H,9H2,1-4H3. The highest BCUT2D eigenvalue weighted by atomic mass is 16.6. The zero-order valence-corrected chi connectivity index (χ0v) is 11.7. The van der Waals surface area contributed by atoms with E-state index in [1.54, 1.807) is 31.3 Å². The first-order chi connectivity index (χ1) is 8.97. The molecular formula is C14H19NO4. The quantitative estimate of drug-likeness (QED) is 0.785. The predicted octanol–water partition coefficient (Wildman–Crippen LogP) is 2.70. The molecule has 0 aliphatic rings. The summed E-state index contributed by atoms with van der Waals surface area (Å²) >= 11 is 0. The Morgan fingerprint density at radius 3 is 2.47 bits per heavy atom. The fraction of sp³-hybridized carbons (Fsp3) is 0.429. The van der Waals surface area contributed by atoms with Crippen molar-refractivity contribution in [2.24, 2.45) is 5.92 Å². The molecule has 0 aromatic heterocycles. The van der Waals surface area contributed by atoms with Crippen molar-refractivity contribution in [3.05, 3.63) is 29.8 Å². The van der Waals surface area contributed by atoms with Crippen LogP contribution in [-0.2, 0) is 9.47 Å². The van der Waals surface area contributed by atoms with Gasteiger partial charge in [0.1, 0.15) is 0 Å². The van der Waals surface area contributed by atoms with Crippen LogP contribution in [0.2, 0.25) is 0 Å². The van der Waals surface area contributed by atoms with Gasteiger partial charge in [0.2, 0.25) is 0 Å². The van der Waals surface area contributed by atoms with Crippen molar-refractivity contribution in [2.75, 3.05) is 25.7 Å². The monoisotopic (exact) mass is 265 g/mol. The van der Waals surface area contributed by atoms with Crippen LogP contribution in [0.4, 0.5) is 10.5 Å². The summed E-state index contributed by atoms with van der Waals surface area (Å²) in [6.07, 6.45) is -0.495. The van der Waals surface area contributed by atoms with E-state index in [1.165, 1.54) is 12.0 Å². The van der Waals surface area contributed by atoms with Gasteiger partial charge in [-0.3, -0.25) is 4.90 Å². The zero-order chi connectivity index (χ0) is 14.4. The summed E-state index contributed by atoms with van der Waals surface area (Å²) in [7, 11) is 2.86. The Morgan fingerprint density at radius 1 is 1.26 bits per heavy atom.